The van der Waals surface area contributed by atoms with Gasteiger partial charge in [0, 0.05) is 69.1 Å². The molecule has 0 spiro atoms. The summed E-state index contributed by atoms with van der Waals surface area (Å²) in [5.41, 5.74) is 7.36. The lowest BCUT2D eigenvalue weighted by molar-refractivity contribution is -0.122. The fraction of sp³-hybridized carbons (Fsp3) is 0.405. The normalized spacial score (nSPS) is 15.8. The molecule has 2 fully saturated rings. The second-order valence-corrected chi connectivity index (χ2v) is 13.8. The third-order valence-corrected chi connectivity index (χ3v) is 10.0. The van der Waals surface area contributed by atoms with Gasteiger partial charge >= 0.3 is 0 Å². The molecule has 4 aromatic heterocycles. The van der Waals surface area contributed by atoms with E-state index >= 15 is 0 Å². The van der Waals surface area contributed by atoms with Gasteiger partial charge in [0.05, 0.1) is 57.2 Å². The first-order valence-electron chi connectivity index (χ1n) is 17.9. The number of nitrogens with one attached hydrogen (secondary N) is 2. The molecule has 0 unspecified atom stereocenters. The number of aryl methyl sites for hydroxylation is 1. The molecule has 3 aliphatic rings. The van der Waals surface area contributed by atoms with Crippen molar-refractivity contribution in [1.29, 1.82) is 0 Å². The van der Waals surface area contributed by atoms with Gasteiger partial charge in [-0.25, -0.2) is 9.97 Å². The quantitative estimate of drug-likeness (QED) is 0.226. The lowest BCUT2D eigenvalue weighted by Crippen LogP contribution is -2.60. The van der Waals surface area contributed by atoms with Crippen LogP contribution < -0.4 is 15.5 Å². The Hall–Kier alpha value is -5.17. The van der Waals surface area contributed by atoms with Gasteiger partial charge in [0.1, 0.15) is 17.3 Å². The Morgan fingerprint density at radius 1 is 1.00 bits per heavy atom. The predicted octanol–water partition coefficient (Wildman–Crippen LogP) is 4.46. The highest BCUT2D eigenvalue weighted by Gasteiger charge is 2.41. The average molecular weight is 695 g/mol. The summed E-state index contributed by atoms with van der Waals surface area (Å²) in [5, 5.41) is 14.8. The van der Waals surface area contributed by atoms with Crippen LogP contribution in [0.3, 0.4) is 0 Å². The van der Waals surface area contributed by atoms with Crippen LogP contribution in [0.5, 0.6) is 0 Å². The van der Waals surface area contributed by atoms with Crippen molar-refractivity contribution in [3.63, 3.8) is 0 Å². The van der Waals surface area contributed by atoms with Crippen LogP contribution in [0, 0.1) is 12.8 Å². The van der Waals surface area contributed by atoms with Crippen LogP contribution in [0.1, 0.15) is 66.7 Å². The number of benzene rings is 1. The smallest absolute Gasteiger partial charge is 0.271 e. The Bertz CT molecular complexity index is 2150. The van der Waals surface area contributed by atoms with Crippen molar-refractivity contribution >= 4 is 56.2 Å². The van der Waals surface area contributed by atoms with E-state index in [1.54, 1.807) is 36.8 Å². The molecule has 1 aromatic carbocycles. The van der Waals surface area contributed by atoms with Crippen molar-refractivity contribution in [2.75, 3.05) is 49.8 Å². The second-order valence-electron chi connectivity index (χ2n) is 13.8. The molecule has 2 N–H and O–H groups in total. The maximum Gasteiger partial charge on any atom is 0.271 e. The Labute approximate surface area is 306 Å². The monoisotopic (exact) mass is 695 g/mol. The number of carbonyl (C=O) groups is 2. The maximum atomic E-state index is 12.8. The molecule has 1 aliphatic carbocycles. The van der Waals surface area contributed by atoms with Crippen molar-refractivity contribution < 1.29 is 9.59 Å². The third-order valence-electron chi connectivity index (χ3n) is 10.0. The fourth-order valence-electron chi connectivity index (χ4n) is 7.02. The Balaban J connectivity index is 0.00000207. The number of aromatic nitrogens is 6. The highest BCUT2D eigenvalue weighted by Crippen LogP contribution is 2.45. The molecule has 264 valence electrons. The molecule has 1 saturated heterocycles. The molecule has 0 atom stereocenters. The van der Waals surface area contributed by atoms with E-state index in [1.165, 1.54) is 4.90 Å². The molecule has 4 radical (unpaired) electrons. The van der Waals surface area contributed by atoms with Crippen LogP contribution in [0.15, 0.2) is 54.7 Å². The molecular weight excluding hydrogens is 652 g/mol. The number of pyridine rings is 1. The number of nitrogens with zero attached hydrogens (tertiary/aromatic N) is 9. The minimum Gasteiger partial charge on any atom is -0.366 e. The van der Waals surface area contributed by atoms with E-state index < -0.39 is 5.34 Å². The standard InChI is InChI=1S/C35H37B2N11O2.C2H6/c1-20-14-30-41-29(42-33(49)21-8-5-9-21)15-31(48(30)43-20)40-25-11-6-10-23-24-16-38-47(27(24)19-45(4)32(23)25)22-17-46(18-22)35(36,37)28-13-7-12-26(39-28)34(50)44(2)3;1-2/h6-7,10-16,21-22,40H,5,8-9,17-19H2,1-4H3,(H,41,42,49);1-2H3. The molecule has 6 heterocycles. The van der Waals surface area contributed by atoms with Crippen LogP contribution in [0.2, 0.25) is 0 Å². The van der Waals surface area contributed by atoms with Gasteiger partial charge in [0.25, 0.3) is 5.91 Å². The van der Waals surface area contributed by atoms with Crippen molar-refractivity contribution in [2.24, 2.45) is 5.92 Å². The molecule has 15 heteroatoms. The summed E-state index contributed by atoms with van der Waals surface area (Å²) in [6, 6.07) is 15.2. The fourth-order valence-corrected chi connectivity index (χ4v) is 7.02. The van der Waals surface area contributed by atoms with Crippen LogP contribution in [-0.2, 0) is 16.7 Å². The Kier molecular flexibility index (Phi) is 9.32. The summed E-state index contributed by atoms with van der Waals surface area (Å²) in [5.74, 6) is 1.04. The molecule has 0 bridgehead atoms. The second kappa shape index (κ2) is 13.8. The molecule has 2 aliphatic heterocycles. The van der Waals surface area contributed by atoms with E-state index in [0.717, 1.165) is 53.2 Å². The summed E-state index contributed by atoms with van der Waals surface area (Å²) in [6.45, 7) is 7.72. The minimum atomic E-state index is -1.35. The van der Waals surface area contributed by atoms with Crippen LogP contribution >= 0.6 is 0 Å². The maximum absolute atomic E-state index is 12.8. The zero-order chi connectivity index (χ0) is 36.9. The highest BCUT2D eigenvalue weighted by molar-refractivity contribution is 6.39. The molecule has 1 saturated carbocycles. The number of carbonyl (C=O) groups excluding carboxylic acids is 2. The SMILES string of the molecule is CC.[B]C([B])(c1cccc(C(=O)N(C)C)n1)N1CC(n2ncc3c2CN(C)c2c(Nc4cc(NC(=O)C5CCC5)nc5cc(C)nn45)cccc2-3)C1. The van der Waals surface area contributed by atoms with E-state index in [4.69, 9.17) is 20.8 Å². The van der Waals surface area contributed by atoms with Crippen LogP contribution in [-0.4, -0.2) is 101 Å². The van der Waals surface area contributed by atoms with Gasteiger partial charge in [-0.1, -0.05) is 38.5 Å². The van der Waals surface area contributed by atoms with Gasteiger partial charge in [-0.3, -0.25) is 14.3 Å². The summed E-state index contributed by atoms with van der Waals surface area (Å²) in [7, 11) is 18.7. The van der Waals surface area contributed by atoms with Gasteiger partial charge in [-0.15, -0.1) is 0 Å². The topological polar surface area (TPSA) is 129 Å². The van der Waals surface area contributed by atoms with Crippen molar-refractivity contribution in [2.45, 2.75) is 58.0 Å². The number of amides is 2. The molecule has 5 aromatic rings. The first-order valence-corrected chi connectivity index (χ1v) is 17.9. The number of hydrogen-bond donors (Lipinski definition) is 2. The number of anilines is 4. The summed E-state index contributed by atoms with van der Waals surface area (Å²) < 4.78 is 3.85. The van der Waals surface area contributed by atoms with Gasteiger partial charge in [0.15, 0.2) is 5.65 Å². The molecule has 52 heavy (non-hydrogen) atoms. The predicted molar refractivity (Wildman–Crippen MR) is 204 cm³/mol. The van der Waals surface area contributed by atoms with E-state index in [9.17, 15) is 9.59 Å². The van der Waals surface area contributed by atoms with Gasteiger partial charge < -0.3 is 25.3 Å². The van der Waals surface area contributed by atoms with E-state index in [-0.39, 0.29) is 23.8 Å². The van der Waals surface area contributed by atoms with Crippen LogP contribution in [0.4, 0.5) is 23.0 Å². The Morgan fingerprint density at radius 3 is 2.46 bits per heavy atom. The molecule has 8 rings (SSSR count). The average Bonchev–Trinajstić information content (AvgIpc) is 3.66. The van der Waals surface area contributed by atoms with Gasteiger partial charge in [-0.05, 0) is 43.3 Å². The van der Waals surface area contributed by atoms with Crippen molar-refractivity contribution in [1.82, 2.24) is 39.2 Å². The van der Waals surface area contributed by atoms with Gasteiger partial charge in [0.2, 0.25) is 5.91 Å². The number of para-hydroxylation sites is 1. The molecule has 13 nitrogen and oxygen atoms in total. The van der Waals surface area contributed by atoms with Crippen molar-refractivity contribution in [3.05, 3.63) is 77.5 Å². The summed E-state index contributed by atoms with van der Waals surface area (Å²) >= 11 is 0. The number of rotatable bonds is 8. The number of likely N-dealkylation sites (tertiary alicyclic amines) is 1. The first-order chi connectivity index (χ1) is 25.0. The van der Waals surface area contributed by atoms with Crippen LogP contribution in [0.25, 0.3) is 16.8 Å². The Morgan fingerprint density at radius 2 is 1.75 bits per heavy atom. The molecule has 2 amide bonds. The lowest BCUT2D eigenvalue weighted by Gasteiger charge is -2.50. The highest BCUT2D eigenvalue weighted by atomic mass is 16.2. The van der Waals surface area contributed by atoms with E-state index in [2.05, 4.69) is 48.4 Å². The lowest BCUT2D eigenvalue weighted by atomic mass is 9.57. The zero-order valence-electron chi connectivity index (χ0n) is 30.6. The van der Waals surface area contributed by atoms with Crippen molar-refractivity contribution in [3.8, 4) is 11.1 Å². The summed E-state index contributed by atoms with van der Waals surface area (Å²) in [6.07, 6.45) is 4.84. The number of fused-ring (bicyclic) bond motifs is 4. The third kappa shape index (κ3) is 6.20. The zero-order valence-corrected chi connectivity index (χ0v) is 30.6. The van der Waals surface area contributed by atoms with Gasteiger partial charge in [-0.2, -0.15) is 14.7 Å². The largest absolute Gasteiger partial charge is 0.366 e. The minimum absolute atomic E-state index is 0.0113. The molecular formula is C37H43B2N11O2. The van der Waals surface area contributed by atoms with E-state index in [1.807, 2.05) is 56.1 Å². The summed E-state index contributed by atoms with van der Waals surface area (Å²) in [4.78, 5) is 40.1. The number of hydrogen-bond acceptors (Lipinski definition) is 9. The van der Waals surface area contributed by atoms with E-state index in [0.29, 0.717) is 48.3 Å². The first kappa shape index (κ1) is 35.2.